The van der Waals surface area contributed by atoms with Crippen LogP contribution < -0.4 is 5.73 Å². The van der Waals surface area contributed by atoms with E-state index in [1.165, 1.54) is 17.9 Å². The number of hydrogen-bond donors (Lipinski definition) is 1. The lowest BCUT2D eigenvalue weighted by molar-refractivity contribution is 0.0593. The summed E-state index contributed by atoms with van der Waals surface area (Å²) in [5.41, 5.74) is 8.30. The SMILES string of the molecule is CCCc1nc2ccc(-n3cc(C#N)c(N)c3C(=O)OC)cc2o1. The normalized spacial score (nSPS) is 10.7. The number of ether oxygens (including phenoxy) is 1. The number of nitrogen functional groups attached to an aromatic ring is 1. The van der Waals surface area contributed by atoms with Gasteiger partial charge in [-0.2, -0.15) is 5.26 Å². The molecule has 0 unspecified atom stereocenters. The fourth-order valence-corrected chi connectivity index (χ4v) is 2.55. The van der Waals surface area contributed by atoms with Gasteiger partial charge in [0.05, 0.1) is 18.4 Å². The second kappa shape index (κ2) is 6.08. The van der Waals surface area contributed by atoms with Crippen molar-refractivity contribution >= 4 is 22.8 Å². The Bertz CT molecular complexity index is 962. The zero-order valence-corrected chi connectivity index (χ0v) is 13.4. The van der Waals surface area contributed by atoms with E-state index < -0.39 is 5.97 Å². The molecule has 3 rings (SSSR count). The average Bonchev–Trinajstić information content (AvgIpc) is 3.13. The Morgan fingerprint density at radius 2 is 2.29 bits per heavy atom. The summed E-state index contributed by atoms with van der Waals surface area (Å²) in [6, 6.07) is 7.32. The number of aromatic nitrogens is 2. The first kappa shape index (κ1) is 15.6. The Labute approximate surface area is 138 Å². The molecule has 0 aliphatic heterocycles. The van der Waals surface area contributed by atoms with Crippen LogP contribution in [0.4, 0.5) is 5.69 Å². The molecule has 0 radical (unpaired) electrons. The van der Waals surface area contributed by atoms with Gasteiger partial charge in [-0.1, -0.05) is 6.92 Å². The van der Waals surface area contributed by atoms with Gasteiger partial charge in [0.15, 0.2) is 17.2 Å². The van der Waals surface area contributed by atoms with Crippen molar-refractivity contribution in [2.45, 2.75) is 19.8 Å². The molecule has 0 saturated carbocycles. The van der Waals surface area contributed by atoms with Crippen LogP contribution >= 0.6 is 0 Å². The van der Waals surface area contributed by atoms with E-state index in [4.69, 9.17) is 20.1 Å². The average molecular weight is 324 g/mol. The topological polar surface area (TPSA) is 107 Å². The van der Waals surface area contributed by atoms with Crippen LogP contribution in [-0.2, 0) is 11.2 Å². The van der Waals surface area contributed by atoms with Crippen molar-refractivity contribution < 1.29 is 13.9 Å². The van der Waals surface area contributed by atoms with E-state index in [0.29, 0.717) is 17.2 Å². The molecular formula is C17H16N4O3. The molecule has 7 heteroatoms. The first-order valence-corrected chi connectivity index (χ1v) is 7.48. The van der Waals surface area contributed by atoms with Crippen LogP contribution in [0.1, 0.15) is 35.3 Å². The Kier molecular flexibility index (Phi) is 3.96. The largest absolute Gasteiger partial charge is 0.464 e. The first-order valence-electron chi connectivity index (χ1n) is 7.48. The van der Waals surface area contributed by atoms with Crippen LogP contribution in [0.2, 0.25) is 0 Å². The molecule has 1 aromatic carbocycles. The summed E-state index contributed by atoms with van der Waals surface area (Å²) in [5.74, 6) is 0.0564. The third kappa shape index (κ3) is 2.48. The molecule has 0 aliphatic carbocycles. The van der Waals surface area contributed by atoms with Gasteiger partial charge in [-0.25, -0.2) is 9.78 Å². The van der Waals surface area contributed by atoms with Gasteiger partial charge >= 0.3 is 5.97 Å². The molecule has 0 spiro atoms. The molecule has 0 fully saturated rings. The maximum Gasteiger partial charge on any atom is 0.357 e. The molecule has 122 valence electrons. The Morgan fingerprint density at radius 1 is 1.50 bits per heavy atom. The number of nitriles is 1. The van der Waals surface area contributed by atoms with Crippen LogP contribution in [0.5, 0.6) is 0 Å². The molecule has 0 bridgehead atoms. The zero-order chi connectivity index (χ0) is 17.3. The molecule has 24 heavy (non-hydrogen) atoms. The van der Waals surface area contributed by atoms with Crippen molar-refractivity contribution in [2.75, 3.05) is 12.8 Å². The smallest absolute Gasteiger partial charge is 0.357 e. The minimum absolute atomic E-state index is 0.0914. The summed E-state index contributed by atoms with van der Waals surface area (Å²) in [4.78, 5) is 16.4. The molecule has 2 heterocycles. The van der Waals surface area contributed by atoms with Gasteiger partial charge < -0.3 is 19.5 Å². The van der Waals surface area contributed by atoms with Crippen molar-refractivity contribution in [3.8, 4) is 11.8 Å². The highest BCUT2D eigenvalue weighted by Gasteiger charge is 2.22. The Balaban J connectivity index is 2.16. The zero-order valence-electron chi connectivity index (χ0n) is 13.4. The number of methoxy groups -OCH3 is 1. The molecule has 0 aliphatic rings. The number of aryl methyl sites for hydroxylation is 1. The second-order valence-corrected chi connectivity index (χ2v) is 5.29. The number of benzene rings is 1. The van der Waals surface area contributed by atoms with Crippen LogP contribution in [-0.4, -0.2) is 22.6 Å². The van der Waals surface area contributed by atoms with Crippen molar-refractivity contribution in [3.05, 3.63) is 41.5 Å². The molecule has 3 aromatic rings. The summed E-state index contributed by atoms with van der Waals surface area (Å²) in [7, 11) is 1.27. The summed E-state index contributed by atoms with van der Waals surface area (Å²) in [6.07, 6.45) is 3.20. The van der Waals surface area contributed by atoms with Crippen LogP contribution in [0.25, 0.3) is 16.8 Å². The number of rotatable bonds is 4. The van der Waals surface area contributed by atoms with Gasteiger partial charge in [0.1, 0.15) is 11.6 Å². The molecule has 2 N–H and O–H groups in total. The number of anilines is 1. The number of hydrogen-bond acceptors (Lipinski definition) is 6. The number of carbonyl (C=O) groups excluding carboxylic acids is 1. The summed E-state index contributed by atoms with van der Waals surface area (Å²) in [5, 5.41) is 9.17. The van der Waals surface area contributed by atoms with Crippen LogP contribution in [0, 0.1) is 11.3 Å². The standard InChI is InChI=1S/C17H16N4O3/c1-3-4-14-20-12-6-5-11(7-13(12)24-14)21-9-10(8-18)15(19)16(21)17(22)23-2/h5-7,9H,3-4,19H2,1-2H3. The molecule has 7 nitrogen and oxygen atoms in total. The Morgan fingerprint density at radius 3 is 2.96 bits per heavy atom. The van der Waals surface area contributed by atoms with E-state index in [9.17, 15) is 4.79 Å². The summed E-state index contributed by atoms with van der Waals surface area (Å²) >= 11 is 0. The van der Waals surface area contributed by atoms with Crippen molar-refractivity contribution in [1.29, 1.82) is 5.26 Å². The number of esters is 1. The highest BCUT2D eigenvalue weighted by Crippen LogP contribution is 2.27. The predicted molar refractivity (Wildman–Crippen MR) is 87.8 cm³/mol. The van der Waals surface area contributed by atoms with Gasteiger partial charge in [-0.3, -0.25) is 0 Å². The molecule has 0 saturated heterocycles. The second-order valence-electron chi connectivity index (χ2n) is 5.29. The van der Waals surface area contributed by atoms with E-state index >= 15 is 0 Å². The minimum Gasteiger partial charge on any atom is -0.464 e. The van der Waals surface area contributed by atoms with Crippen molar-refractivity contribution in [2.24, 2.45) is 0 Å². The minimum atomic E-state index is -0.613. The summed E-state index contributed by atoms with van der Waals surface area (Å²) in [6.45, 7) is 2.05. The van der Waals surface area contributed by atoms with Gasteiger partial charge in [0.25, 0.3) is 0 Å². The van der Waals surface area contributed by atoms with Gasteiger partial charge in [-0.15, -0.1) is 0 Å². The third-order valence-electron chi connectivity index (χ3n) is 3.70. The van der Waals surface area contributed by atoms with E-state index in [-0.39, 0.29) is 16.9 Å². The lowest BCUT2D eigenvalue weighted by Gasteiger charge is -2.08. The molecule has 2 aromatic heterocycles. The maximum absolute atomic E-state index is 12.0. The van der Waals surface area contributed by atoms with Gasteiger partial charge in [-0.05, 0) is 18.6 Å². The highest BCUT2D eigenvalue weighted by molar-refractivity contribution is 5.96. The fraction of sp³-hybridized carbons (Fsp3) is 0.235. The first-order chi connectivity index (χ1) is 11.6. The quantitative estimate of drug-likeness (QED) is 0.739. The lowest BCUT2D eigenvalue weighted by atomic mass is 10.2. The number of fused-ring (bicyclic) bond motifs is 1. The fourth-order valence-electron chi connectivity index (χ4n) is 2.55. The van der Waals surface area contributed by atoms with E-state index in [2.05, 4.69) is 11.9 Å². The van der Waals surface area contributed by atoms with Crippen LogP contribution in [0.3, 0.4) is 0 Å². The maximum atomic E-state index is 12.0. The number of nitrogens with two attached hydrogens (primary N) is 1. The monoisotopic (exact) mass is 324 g/mol. The van der Waals surface area contributed by atoms with E-state index in [0.717, 1.165) is 18.4 Å². The number of oxazole rings is 1. The third-order valence-corrected chi connectivity index (χ3v) is 3.70. The van der Waals surface area contributed by atoms with Crippen molar-refractivity contribution in [3.63, 3.8) is 0 Å². The van der Waals surface area contributed by atoms with E-state index in [1.807, 2.05) is 6.07 Å². The van der Waals surface area contributed by atoms with Gasteiger partial charge in [0, 0.05) is 24.4 Å². The number of nitrogens with zero attached hydrogens (tertiary/aromatic N) is 3. The predicted octanol–water partition coefficient (Wildman–Crippen LogP) is 2.81. The summed E-state index contributed by atoms with van der Waals surface area (Å²) < 4.78 is 12.0. The number of carbonyl (C=O) groups is 1. The Hall–Kier alpha value is -3.27. The molecule has 0 atom stereocenters. The van der Waals surface area contributed by atoms with E-state index in [1.54, 1.807) is 18.2 Å². The van der Waals surface area contributed by atoms with Gasteiger partial charge in [0.2, 0.25) is 0 Å². The molecular weight excluding hydrogens is 308 g/mol. The van der Waals surface area contributed by atoms with Crippen molar-refractivity contribution in [1.82, 2.24) is 9.55 Å². The lowest BCUT2D eigenvalue weighted by Crippen LogP contribution is -2.11. The highest BCUT2D eigenvalue weighted by atomic mass is 16.5. The van der Waals surface area contributed by atoms with Crippen LogP contribution in [0.15, 0.2) is 28.8 Å². The molecule has 0 amide bonds.